The molecule has 2 rings (SSSR count). The van der Waals surface area contributed by atoms with E-state index in [-0.39, 0.29) is 11.8 Å². The van der Waals surface area contributed by atoms with Gasteiger partial charge in [-0.3, -0.25) is 9.79 Å². The lowest BCUT2D eigenvalue weighted by Crippen LogP contribution is -2.49. The van der Waals surface area contributed by atoms with Gasteiger partial charge in [0.2, 0.25) is 5.91 Å². The smallest absolute Gasteiger partial charge is 0.222 e. The topological polar surface area (TPSA) is 56.7 Å². The molecule has 0 spiro atoms. The molecule has 138 valence electrons. The summed E-state index contributed by atoms with van der Waals surface area (Å²) in [6.07, 6.45) is 1.13. The van der Waals surface area contributed by atoms with Gasteiger partial charge in [-0.05, 0) is 23.8 Å². The van der Waals surface area contributed by atoms with Crippen LogP contribution in [0.15, 0.2) is 35.3 Å². The zero-order valence-electron chi connectivity index (χ0n) is 16.0. The summed E-state index contributed by atoms with van der Waals surface area (Å²) >= 11 is 0. The largest absolute Gasteiger partial charge is 0.354 e. The first-order valence-electron chi connectivity index (χ1n) is 9.31. The Morgan fingerprint density at radius 3 is 2.52 bits per heavy atom. The molecule has 0 bridgehead atoms. The van der Waals surface area contributed by atoms with Crippen LogP contribution in [0.1, 0.15) is 38.7 Å². The predicted molar refractivity (Wildman–Crippen MR) is 104 cm³/mol. The van der Waals surface area contributed by atoms with Gasteiger partial charge in [0, 0.05) is 39.1 Å². The van der Waals surface area contributed by atoms with E-state index in [4.69, 9.17) is 0 Å². The van der Waals surface area contributed by atoms with Crippen LogP contribution >= 0.6 is 0 Å². The summed E-state index contributed by atoms with van der Waals surface area (Å²) in [4.78, 5) is 18.3. The lowest BCUT2D eigenvalue weighted by Gasteiger charge is -2.39. The summed E-state index contributed by atoms with van der Waals surface area (Å²) in [5, 5.41) is 6.30. The molecule has 1 aliphatic rings. The molecule has 2 unspecified atom stereocenters. The lowest BCUT2D eigenvalue weighted by atomic mass is 9.82. The van der Waals surface area contributed by atoms with E-state index in [2.05, 4.69) is 57.8 Å². The number of nitrogens with one attached hydrogen (secondary N) is 2. The molecule has 2 atom stereocenters. The summed E-state index contributed by atoms with van der Waals surface area (Å²) in [5.74, 6) is 2.24. The average molecular weight is 345 g/mol. The van der Waals surface area contributed by atoms with E-state index < -0.39 is 0 Å². The minimum Gasteiger partial charge on any atom is -0.354 e. The molecule has 1 saturated heterocycles. The number of carbonyl (C=O) groups is 1. The van der Waals surface area contributed by atoms with Crippen LogP contribution in [0.2, 0.25) is 0 Å². The van der Waals surface area contributed by atoms with Crippen molar-refractivity contribution in [1.29, 1.82) is 0 Å². The van der Waals surface area contributed by atoms with Crippen molar-refractivity contribution >= 4 is 11.9 Å². The van der Waals surface area contributed by atoms with Gasteiger partial charge in [-0.1, -0.05) is 51.1 Å². The van der Waals surface area contributed by atoms with Crippen molar-refractivity contribution in [3.05, 3.63) is 35.9 Å². The number of hydrogen-bond donors (Lipinski definition) is 2. The number of guanidine groups is 1. The van der Waals surface area contributed by atoms with Gasteiger partial charge < -0.3 is 15.5 Å². The molecule has 0 aromatic heterocycles. The zero-order valence-corrected chi connectivity index (χ0v) is 16.0. The monoisotopic (exact) mass is 344 g/mol. The highest BCUT2D eigenvalue weighted by Gasteiger charge is 2.28. The number of likely N-dealkylation sites (tertiary alicyclic amines) is 1. The van der Waals surface area contributed by atoms with E-state index in [1.54, 1.807) is 0 Å². The van der Waals surface area contributed by atoms with Crippen LogP contribution in [-0.2, 0) is 4.79 Å². The fourth-order valence-corrected chi connectivity index (χ4v) is 3.43. The second-order valence-corrected chi connectivity index (χ2v) is 7.15. The molecular formula is C20H32N4O. The molecule has 1 aromatic rings. The molecule has 0 saturated carbocycles. The van der Waals surface area contributed by atoms with Crippen molar-refractivity contribution in [3.63, 3.8) is 0 Å². The van der Waals surface area contributed by atoms with Gasteiger partial charge in [0.05, 0.1) is 0 Å². The van der Waals surface area contributed by atoms with Crippen LogP contribution in [0, 0.1) is 11.8 Å². The number of benzene rings is 1. The van der Waals surface area contributed by atoms with Crippen molar-refractivity contribution in [2.24, 2.45) is 16.8 Å². The van der Waals surface area contributed by atoms with Gasteiger partial charge in [-0.15, -0.1) is 0 Å². The second-order valence-electron chi connectivity index (χ2n) is 7.15. The zero-order chi connectivity index (χ0) is 18.2. The Morgan fingerprint density at radius 2 is 1.92 bits per heavy atom. The Labute approximate surface area is 151 Å². The van der Waals surface area contributed by atoms with E-state index in [1.165, 1.54) is 5.56 Å². The standard InChI is InChI=1S/C20H32N4O/c1-15(2)19(25)22-11-12-23-20(21-4)24-13-10-18(16(3)14-24)17-8-6-5-7-9-17/h5-9,15-16,18H,10-14H2,1-4H3,(H,21,23)(H,22,25). The first kappa shape index (κ1) is 19.3. The number of hydrogen-bond acceptors (Lipinski definition) is 2. The van der Waals surface area contributed by atoms with Crippen molar-refractivity contribution < 1.29 is 4.79 Å². The van der Waals surface area contributed by atoms with Crippen molar-refractivity contribution in [3.8, 4) is 0 Å². The van der Waals surface area contributed by atoms with Crippen LogP contribution < -0.4 is 10.6 Å². The minimum absolute atomic E-state index is 0.0252. The van der Waals surface area contributed by atoms with Gasteiger partial charge in [0.25, 0.3) is 0 Å². The molecule has 1 heterocycles. The fourth-order valence-electron chi connectivity index (χ4n) is 3.43. The van der Waals surface area contributed by atoms with Gasteiger partial charge in [0.1, 0.15) is 0 Å². The predicted octanol–water partition coefficient (Wildman–Crippen LogP) is 2.46. The van der Waals surface area contributed by atoms with Crippen LogP contribution in [0.4, 0.5) is 0 Å². The van der Waals surface area contributed by atoms with Gasteiger partial charge in [0.15, 0.2) is 5.96 Å². The number of carbonyl (C=O) groups excluding carboxylic acids is 1. The lowest BCUT2D eigenvalue weighted by molar-refractivity contribution is -0.123. The molecular weight excluding hydrogens is 312 g/mol. The minimum atomic E-state index is 0.0252. The quantitative estimate of drug-likeness (QED) is 0.490. The first-order chi connectivity index (χ1) is 12.0. The molecule has 1 aliphatic heterocycles. The van der Waals surface area contributed by atoms with Gasteiger partial charge in [-0.25, -0.2) is 0 Å². The summed E-state index contributed by atoms with van der Waals surface area (Å²) in [6.45, 7) is 9.43. The second kappa shape index (κ2) is 9.44. The molecule has 0 aliphatic carbocycles. The molecule has 25 heavy (non-hydrogen) atoms. The molecule has 5 heteroatoms. The van der Waals surface area contributed by atoms with Crippen LogP contribution in [0.3, 0.4) is 0 Å². The third kappa shape index (κ3) is 5.48. The highest BCUT2D eigenvalue weighted by molar-refractivity contribution is 5.80. The van der Waals surface area contributed by atoms with Crippen molar-refractivity contribution in [1.82, 2.24) is 15.5 Å². The van der Waals surface area contributed by atoms with Gasteiger partial charge >= 0.3 is 0 Å². The van der Waals surface area contributed by atoms with E-state index in [9.17, 15) is 4.79 Å². The normalized spacial score (nSPS) is 21.3. The van der Waals surface area contributed by atoms with Crippen LogP contribution in [0.25, 0.3) is 0 Å². The maximum Gasteiger partial charge on any atom is 0.222 e. The van der Waals surface area contributed by atoms with E-state index in [0.717, 1.165) is 25.5 Å². The van der Waals surface area contributed by atoms with Crippen LogP contribution in [0.5, 0.6) is 0 Å². The Morgan fingerprint density at radius 1 is 1.24 bits per heavy atom. The summed E-state index contributed by atoms with van der Waals surface area (Å²) < 4.78 is 0. The number of aliphatic imine (C=N–C) groups is 1. The van der Waals surface area contributed by atoms with Crippen molar-refractivity contribution in [2.75, 3.05) is 33.2 Å². The molecule has 5 nitrogen and oxygen atoms in total. The van der Waals surface area contributed by atoms with E-state index in [1.807, 2.05) is 20.9 Å². The number of piperidine rings is 1. The molecule has 1 fully saturated rings. The first-order valence-corrected chi connectivity index (χ1v) is 9.31. The highest BCUT2D eigenvalue weighted by Crippen LogP contribution is 2.32. The maximum atomic E-state index is 11.6. The summed E-state index contributed by atoms with van der Waals surface area (Å²) in [6, 6.07) is 10.8. The average Bonchev–Trinajstić information content (AvgIpc) is 2.62. The maximum absolute atomic E-state index is 11.6. The van der Waals surface area contributed by atoms with Crippen molar-refractivity contribution in [2.45, 2.75) is 33.1 Å². The third-order valence-corrected chi connectivity index (χ3v) is 4.88. The SMILES string of the molecule is CN=C(NCCNC(=O)C(C)C)N1CCC(c2ccccc2)C(C)C1. The summed E-state index contributed by atoms with van der Waals surface area (Å²) in [5.41, 5.74) is 1.44. The summed E-state index contributed by atoms with van der Waals surface area (Å²) in [7, 11) is 1.82. The Kier molecular flexibility index (Phi) is 7.29. The Hall–Kier alpha value is -2.04. The molecule has 0 radical (unpaired) electrons. The fraction of sp³-hybridized carbons (Fsp3) is 0.600. The Balaban J connectivity index is 1.82. The Bertz CT molecular complexity index is 570. The molecule has 1 amide bonds. The number of amides is 1. The third-order valence-electron chi connectivity index (χ3n) is 4.88. The number of rotatable bonds is 5. The van der Waals surface area contributed by atoms with E-state index >= 15 is 0 Å². The van der Waals surface area contributed by atoms with Crippen LogP contribution in [-0.4, -0.2) is 50.0 Å². The molecule has 1 aromatic carbocycles. The van der Waals surface area contributed by atoms with E-state index in [0.29, 0.717) is 24.9 Å². The van der Waals surface area contributed by atoms with Gasteiger partial charge in [-0.2, -0.15) is 0 Å². The number of nitrogens with zero attached hydrogens (tertiary/aromatic N) is 2. The highest BCUT2D eigenvalue weighted by atomic mass is 16.1. The molecule has 2 N–H and O–H groups in total.